The number of hydrogen-bond donors (Lipinski definition) is 11. The molecule has 14 heteroatoms. The molecule has 0 unspecified atom stereocenters. The van der Waals surface area contributed by atoms with Crippen LogP contribution in [0, 0.1) is 0 Å². The summed E-state index contributed by atoms with van der Waals surface area (Å²) >= 11 is 0. The van der Waals surface area contributed by atoms with Crippen molar-refractivity contribution >= 4 is 18.2 Å². The van der Waals surface area contributed by atoms with E-state index >= 15 is 0 Å². The smallest absolute Gasteiger partial charge is 0.320 e. The fourth-order valence-corrected chi connectivity index (χ4v) is 1.08. The molecule has 28 heavy (non-hydrogen) atoms. The number of aldehydes is 1. The van der Waals surface area contributed by atoms with Crippen LogP contribution in [0.2, 0.25) is 0 Å². The molecule has 0 bridgehead atoms. The first kappa shape index (κ1) is 31.0. The van der Waals surface area contributed by atoms with Crippen molar-refractivity contribution in [3.8, 4) is 0 Å². The average molecular weight is 419 g/mol. The zero-order valence-electron chi connectivity index (χ0n) is 14.9. The lowest BCUT2D eigenvalue weighted by Crippen LogP contribution is -2.46. The van der Waals surface area contributed by atoms with E-state index in [0.717, 1.165) is 0 Å². The van der Waals surface area contributed by atoms with Crippen molar-refractivity contribution in [3.63, 3.8) is 0 Å². The molecule has 12 N–H and O–H groups in total. The molecule has 0 aliphatic heterocycles. The van der Waals surface area contributed by atoms with Crippen molar-refractivity contribution in [1.29, 1.82) is 0 Å². The van der Waals surface area contributed by atoms with Gasteiger partial charge in [0.2, 0.25) is 0 Å². The van der Waals surface area contributed by atoms with Crippen molar-refractivity contribution < 1.29 is 65.4 Å². The van der Waals surface area contributed by atoms with E-state index in [-0.39, 0.29) is 32.3 Å². The van der Waals surface area contributed by atoms with E-state index in [1.807, 2.05) is 0 Å². The molecular weight excluding hydrogens is 390 g/mol. The Bertz CT molecular complexity index is 418. The first-order chi connectivity index (χ1) is 12.9. The van der Waals surface area contributed by atoms with Gasteiger partial charge in [0, 0.05) is 6.42 Å². The van der Waals surface area contributed by atoms with E-state index < -0.39 is 55.1 Å². The lowest BCUT2D eigenvalue weighted by atomic mass is 10.0. The summed E-state index contributed by atoms with van der Waals surface area (Å²) in [4.78, 5) is 29.8. The maximum absolute atomic E-state index is 9.99. The average Bonchev–Trinajstić information content (AvgIpc) is 2.69. The molecule has 0 heterocycles. The van der Waals surface area contributed by atoms with Crippen LogP contribution >= 0.6 is 0 Å². The number of carboxylic acid groups (broad SMARTS) is 2. The summed E-state index contributed by atoms with van der Waals surface area (Å²) in [5.41, 5.74) is 5.00. The van der Waals surface area contributed by atoms with Gasteiger partial charge in [-0.25, -0.2) is 0 Å². The minimum absolute atomic E-state index is 0.0231. The zero-order chi connectivity index (χ0) is 22.9. The minimum atomic E-state index is -1.79. The lowest BCUT2D eigenvalue weighted by molar-refractivity contribution is -0.140. The SMILES string of the molecule is N[C@@H](CCC(=O)O)C(=O)O.O=C[C@H](O)[C@@H](O)[C@H](O)[C@H](O)CO.OCC(O)CO. The van der Waals surface area contributed by atoms with Gasteiger partial charge in [-0.05, 0) is 6.42 Å². The predicted molar refractivity (Wildman–Crippen MR) is 89.8 cm³/mol. The Morgan fingerprint density at radius 3 is 1.57 bits per heavy atom. The number of carboxylic acids is 2. The minimum Gasteiger partial charge on any atom is -0.481 e. The summed E-state index contributed by atoms with van der Waals surface area (Å²) in [5, 5.41) is 83.8. The van der Waals surface area contributed by atoms with Crippen LogP contribution in [0.25, 0.3) is 0 Å². The Morgan fingerprint density at radius 2 is 1.32 bits per heavy atom. The summed E-state index contributed by atoms with van der Waals surface area (Å²) in [6.07, 6.45) is -8.02. The van der Waals surface area contributed by atoms with Crippen molar-refractivity contribution in [1.82, 2.24) is 0 Å². The van der Waals surface area contributed by atoms with Crippen LogP contribution in [0.15, 0.2) is 0 Å². The van der Waals surface area contributed by atoms with Crippen LogP contribution in [0.1, 0.15) is 12.8 Å². The highest BCUT2D eigenvalue weighted by Crippen LogP contribution is 2.02. The maximum Gasteiger partial charge on any atom is 0.320 e. The molecule has 0 spiro atoms. The first-order valence-corrected chi connectivity index (χ1v) is 7.77. The van der Waals surface area contributed by atoms with Crippen LogP contribution in [0.4, 0.5) is 0 Å². The molecule has 0 saturated carbocycles. The number of aliphatic hydroxyl groups excluding tert-OH is 8. The zero-order valence-corrected chi connectivity index (χ0v) is 14.9. The van der Waals surface area contributed by atoms with Crippen LogP contribution < -0.4 is 5.73 Å². The third-order valence-electron chi connectivity index (χ3n) is 2.83. The molecule has 0 aromatic rings. The normalized spacial score (nSPS) is 15.6. The molecule has 0 saturated heterocycles. The van der Waals surface area contributed by atoms with Crippen molar-refractivity contribution in [2.75, 3.05) is 19.8 Å². The van der Waals surface area contributed by atoms with E-state index in [9.17, 15) is 14.4 Å². The van der Waals surface area contributed by atoms with Gasteiger partial charge in [-0.15, -0.1) is 0 Å². The highest BCUT2D eigenvalue weighted by Gasteiger charge is 2.29. The van der Waals surface area contributed by atoms with Gasteiger partial charge in [0.1, 0.15) is 36.6 Å². The largest absolute Gasteiger partial charge is 0.481 e. The second-order valence-corrected chi connectivity index (χ2v) is 5.25. The Kier molecular flexibility index (Phi) is 20.6. The number of nitrogens with two attached hydrogens (primary N) is 1. The molecule has 0 rings (SSSR count). The molecule has 0 aliphatic carbocycles. The molecule has 0 radical (unpaired) electrons. The topological polar surface area (TPSA) is 280 Å². The monoisotopic (exact) mass is 419 g/mol. The number of hydrogen-bond acceptors (Lipinski definition) is 12. The van der Waals surface area contributed by atoms with Crippen LogP contribution in [-0.2, 0) is 14.4 Å². The molecule has 0 aromatic carbocycles. The summed E-state index contributed by atoms with van der Waals surface area (Å²) in [7, 11) is 0. The van der Waals surface area contributed by atoms with Crippen LogP contribution in [0.5, 0.6) is 0 Å². The number of rotatable bonds is 11. The standard InChI is InChI=1S/C6H12O6.C5H9NO4.C3H8O3/c7-1-3(9)5(11)6(12)4(10)2-8;6-3(5(9)10)1-2-4(7)8;4-1-3(6)2-5/h1,3-6,8-12H,2H2;3H,1-2,6H2,(H,7,8)(H,9,10);3-6H,1-2H2/t3-,4+,5+,6+;3-;/m00./s1. The van der Waals surface area contributed by atoms with Gasteiger partial charge in [-0.3, -0.25) is 9.59 Å². The van der Waals surface area contributed by atoms with Gasteiger partial charge < -0.3 is 61.6 Å². The van der Waals surface area contributed by atoms with Gasteiger partial charge in [-0.1, -0.05) is 0 Å². The molecule has 0 aliphatic rings. The number of carbonyl (C=O) groups is 3. The van der Waals surface area contributed by atoms with Gasteiger partial charge >= 0.3 is 11.9 Å². The Labute approximate surface area is 159 Å². The summed E-state index contributed by atoms with van der Waals surface area (Å²) in [6.45, 7) is -1.49. The van der Waals surface area contributed by atoms with Gasteiger partial charge in [0.25, 0.3) is 0 Å². The second kappa shape index (κ2) is 18.6. The fraction of sp³-hybridized carbons (Fsp3) is 0.786. The second-order valence-electron chi connectivity index (χ2n) is 5.25. The number of carbonyl (C=O) groups excluding carboxylic acids is 1. The molecule has 5 atom stereocenters. The van der Waals surface area contributed by atoms with Gasteiger partial charge in [-0.2, -0.15) is 0 Å². The van der Waals surface area contributed by atoms with Crippen molar-refractivity contribution in [2.45, 2.75) is 49.4 Å². The van der Waals surface area contributed by atoms with E-state index in [2.05, 4.69) is 0 Å². The summed E-state index contributed by atoms with van der Waals surface area (Å²) in [5.74, 6) is -2.20. The van der Waals surface area contributed by atoms with E-state index in [1.54, 1.807) is 0 Å². The van der Waals surface area contributed by atoms with E-state index in [0.29, 0.717) is 0 Å². The van der Waals surface area contributed by atoms with Crippen molar-refractivity contribution in [3.05, 3.63) is 0 Å². The van der Waals surface area contributed by atoms with Crippen molar-refractivity contribution in [2.24, 2.45) is 5.73 Å². The maximum atomic E-state index is 9.99. The highest BCUT2D eigenvalue weighted by atomic mass is 16.4. The third-order valence-corrected chi connectivity index (χ3v) is 2.83. The molecule has 0 amide bonds. The number of aliphatic hydroxyl groups is 8. The third kappa shape index (κ3) is 17.7. The molecule has 0 fully saturated rings. The Hall–Kier alpha value is -1.75. The highest BCUT2D eigenvalue weighted by molar-refractivity contribution is 5.74. The quantitative estimate of drug-likeness (QED) is 0.139. The Morgan fingerprint density at radius 1 is 0.857 bits per heavy atom. The summed E-state index contributed by atoms with van der Waals surface area (Å²) in [6, 6.07) is -1.06. The van der Waals surface area contributed by atoms with Gasteiger partial charge in [0.15, 0.2) is 6.29 Å². The fourth-order valence-electron chi connectivity index (χ4n) is 1.08. The predicted octanol–water partition coefficient (Wildman–Crippen LogP) is -5.78. The van der Waals surface area contributed by atoms with E-state index in [4.69, 9.17) is 56.8 Å². The van der Waals surface area contributed by atoms with E-state index in [1.165, 1.54) is 0 Å². The lowest BCUT2D eigenvalue weighted by Gasteiger charge is -2.22. The molecule has 14 nitrogen and oxygen atoms in total. The van der Waals surface area contributed by atoms with Crippen LogP contribution in [-0.4, -0.2) is 126 Å². The summed E-state index contributed by atoms with van der Waals surface area (Å²) < 4.78 is 0. The van der Waals surface area contributed by atoms with Gasteiger partial charge in [0.05, 0.1) is 19.8 Å². The number of aliphatic carboxylic acids is 2. The van der Waals surface area contributed by atoms with Crippen LogP contribution in [0.3, 0.4) is 0 Å². The Balaban J connectivity index is -0.000000354. The first-order valence-electron chi connectivity index (χ1n) is 7.77. The molecule has 168 valence electrons. The molecule has 0 aromatic heterocycles. The molecular formula is C14H29NO13.